The molecule has 2 rings (SSSR count). The maximum atomic E-state index is 5.46. The molecule has 0 unspecified atom stereocenters. The van der Waals surface area contributed by atoms with Crippen molar-refractivity contribution in [1.29, 1.82) is 0 Å². The van der Waals surface area contributed by atoms with Crippen molar-refractivity contribution in [2.45, 2.75) is 0 Å². The smallest absolute Gasteiger partial charge is 0.117 e. The van der Waals surface area contributed by atoms with E-state index in [2.05, 4.69) is 0 Å². The van der Waals surface area contributed by atoms with Gasteiger partial charge in [-0.25, -0.2) is 0 Å². The first-order chi connectivity index (χ1) is 5.39. The molecule has 0 N–H and O–H groups in total. The normalized spacial score (nSPS) is 22.8. The van der Waals surface area contributed by atoms with Crippen molar-refractivity contribution in [3.05, 3.63) is 63.2 Å². The topological polar surface area (TPSA) is 0 Å². The van der Waals surface area contributed by atoms with Gasteiger partial charge in [-0.3, -0.25) is 0 Å². The van der Waals surface area contributed by atoms with Crippen LogP contribution in [0.2, 0.25) is 0 Å². The average Bonchev–Trinajstić information content (AvgIpc) is 2.57. The minimum atomic E-state index is 0. The van der Waals surface area contributed by atoms with Crippen LogP contribution in [0.4, 0.5) is 0 Å². The summed E-state index contributed by atoms with van der Waals surface area (Å²) in [5.41, 5.74) is 0. The second-order valence-corrected chi connectivity index (χ2v) is 2.50. The molecule has 12 heavy (non-hydrogen) atoms. The van der Waals surface area contributed by atoms with E-state index in [-0.39, 0.29) is 17.1 Å². The van der Waals surface area contributed by atoms with Crippen LogP contribution < -0.4 is 0 Å². The summed E-state index contributed by atoms with van der Waals surface area (Å²) in [5, 5.41) is 0.815. The van der Waals surface area contributed by atoms with Crippen molar-refractivity contribution in [1.82, 2.24) is 0 Å². The number of hydrogen-bond donors (Lipinski definition) is 0. The summed E-state index contributed by atoms with van der Waals surface area (Å²) in [6, 6.07) is 0. The average molecular weight is 220 g/mol. The van der Waals surface area contributed by atoms with E-state index in [0.29, 0.717) is 0 Å². The van der Waals surface area contributed by atoms with Gasteiger partial charge in [0.25, 0.3) is 0 Å². The van der Waals surface area contributed by atoms with E-state index in [0.717, 1.165) is 5.38 Å². The molecule has 2 heteroatoms. The largest absolute Gasteiger partial charge is 2.00 e. The molecule has 0 aromatic carbocycles. The second-order valence-electron chi connectivity index (χ2n) is 2.07. The first kappa shape index (κ1) is 12.8. The second kappa shape index (κ2) is 8.41. The van der Waals surface area contributed by atoms with Gasteiger partial charge in [-0.2, -0.15) is 0 Å². The van der Waals surface area contributed by atoms with Crippen molar-refractivity contribution in [2.24, 2.45) is 0 Å². The Morgan fingerprint density at radius 3 is 1.17 bits per heavy atom. The number of rotatable bonds is 0. The molecular weight excluding hydrogens is 211 g/mol. The van der Waals surface area contributed by atoms with Gasteiger partial charge in [0.05, 0.1) is 5.38 Å². The molecule has 2 aliphatic carbocycles. The first-order valence-corrected chi connectivity index (χ1v) is 3.81. The van der Waals surface area contributed by atoms with E-state index in [1.165, 1.54) is 0 Å². The van der Waals surface area contributed by atoms with E-state index in [4.69, 9.17) is 11.6 Å². The summed E-state index contributed by atoms with van der Waals surface area (Å²) < 4.78 is 0. The van der Waals surface area contributed by atoms with Crippen LogP contribution >= 0.6 is 11.6 Å². The molecule has 2 aliphatic rings. The standard InChI is InChI=1S/C5H4Cl.C5H5.Fe/c6-5-3-1-2-4-5;1-2-4-5-3-1;/h1-4H;1-5H;/q;;+2. The minimum absolute atomic E-state index is 0. The van der Waals surface area contributed by atoms with Crippen molar-refractivity contribution in [2.75, 3.05) is 0 Å². The Morgan fingerprint density at radius 1 is 0.667 bits per heavy atom. The summed E-state index contributed by atoms with van der Waals surface area (Å²) >= 11 is 5.46. The molecule has 62 valence electrons. The van der Waals surface area contributed by atoms with Crippen LogP contribution in [0.25, 0.3) is 0 Å². The SMILES string of the molecule is Cl[C]1[CH][CH][CH][CH]1.[CH]1[CH][CH][CH][CH]1.[Fe+2]. The molecule has 0 saturated heterocycles. The summed E-state index contributed by atoms with van der Waals surface area (Å²) in [7, 11) is 0. The zero-order chi connectivity index (χ0) is 7.94. The Labute approximate surface area is 91.9 Å². The maximum absolute atomic E-state index is 5.46. The van der Waals surface area contributed by atoms with Crippen LogP contribution in [-0.4, -0.2) is 0 Å². The Balaban J connectivity index is 0.000000189. The van der Waals surface area contributed by atoms with Gasteiger partial charge < -0.3 is 0 Å². The molecular formula is C10H9ClFe+2. The Bertz CT molecular complexity index is 78.2. The summed E-state index contributed by atoms with van der Waals surface area (Å²) in [5.74, 6) is 0. The van der Waals surface area contributed by atoms with Gasteiger partial charge in [0.2, 0.25) is 0 Å². The van der Waals surface area contributed by atoms with E-state index < -0.39 is 0 Å². The predicted octanol–water partition coefficient (Wildman–Crippen LogP) is 2.61. The van der Waals surface area contributed by atoms with Crippen LogP contribution in [0.5, 0.6) is 0 Å². The summed E-state index contributed by atoms with van der Waals surface area (Å²) in [6.07, 6.45) is 17.5. The van der Waals surface area contributed by atoms with Crippen LogP contribution in [0.3, 0.4) is 0 Å². The third-order valence-corrected chi connectivity index (χ3v) is 1.43. The quantitative estimate of drug-likeness (QED) is 0.551. The van der Waals surface area contributed by atoms with Crippen LogP contribution in [0, 0.1) is 63.2 Å². The Morgan fingerprint density at radius 2 is 1.00 bits per heavy atom. The Hall–Kier alpha value is 0.809. The van der Waals surface area contributed by atoms with Gasteiger partial charge in [-0.15, -0.1) is 11.6 Å². The van der Waals surface area contributed by atoms with Gasteiger partial charge in [0.1, 0.15) is 0 Å². The molecule has 0 heterocycles. The zero-order valence-corrected chi connectivity index (χ0v) is 8.29. The number of halogens is 1. The van der Waals surface area contributed by atoms with E-state index in [1.54, 1.807) is 0 Å². The van der Waals surface area contributed by atoms with Gasteiger partial charge in [-0.05, 0) is 57.8 Å². The van der Waals surface area contributed by atoms with Crippen molar-refractivity contribution in [3.8, 4) is 0 Å². The molecule has 2 saturated carbocycles. The molecule has 0 aliphatic heterocycles. The van der Waals surface area contributed by atoms with E-state index in [1.807, 2.05) is 57.8 Å². The van der Waals surface area contributed by atoms with Crippen LogP contribution in [0.15, 0.2) is 0 Å². The fraction of sp³-hybridized carbons (Fsp3) is 0. The van der Waals surface area contributed by atoms with E-state index in [9.17, 15) is 0 Å². The van der Waals surface area contributed by atoms with Gasteiger partial charge in [0.15, 0.2) is 0 Å². The fourth-order valence-electron chi connectivity index (χ4n) is 0.671. The van der Waals surface area contributed by atoms with Crippen LogP contribution in [0.1, 0.15) is 0 Å². The molecule has 2 fully saturated rings. The van der Waals surface area contributed by atoms with Crippen molar-refractivity contribution < 1.29 is 17.1 Å². The maximum Gasteiger partial charge on any atom is 2.00 e. The number of hydrogen-bond acceptors (Lipinski definition) is 0. The van der Waals surface area contributed by atoms with Crippen molar-refractivity contribution in [3.63, 3.8) is 0 Å². The molecule has 0 spiro atoms. The Kier molecular flexibility index (Phi) is 8.98. The summed E-state index contributed by atoms with van der Waals surface area (Å²) in [4.78, 5) is 0. The third kappa shape index (κ3) is 6.34. The monoisotopic (exact) mass is 220 g/mol. The molecule has 10 radical (unpaired) electrons. The molecule has 0 bridgehead atoms. The molecule has 0 atom stereocenters. The fourth-order valence-corrected chi connectivity index (χ4v) is 0.817. The molecule has 0 aromatic heterocycles. The summed E-state index contributed by atoms with van der Waals surface area (Å²) in [6.45, 7) is 0. The molecule has 0 amide bonds. The zero-order valence-electron chi connectivity index (χ0n) is 6.43. The predicted molar refractivity (Wildman–Crippen MR) is 47.8 cm³/mol. The minimum Gasteiger partial charge on any atom is -0.117 e. The first-order valence-electron chi connectivity index (χ1n) is 3.43. The third-order valence-electron chi connectivity index (χ3n) is 1.18. The van der Waals surface area contributed by atoms with E-state index >= 15 is 0 Å². The van der Waals surface area contributed by atoms with Gasteiger partial charge in [0, 0.05) is 0 Å². The van der Waals surface area contributed by atoms with Gasteiger partial charge in [-0.1, -0.05) is 0 Å². The molecule has 0 aromatic rings. The molecule has 0 nitrogen and oxygen atoms in total. The van der Waals surface area contributed by atoms with Gasteiger partial charge >= 0.3 is 17.1 Å². The van der Waals surface area contributed by atoms with Crippen LogP contribution in [-0.2, 0) is 17.1 Å². The van der Waals surface area contributed by atoms with Crippen molar-refractivity contribution >= 4 is 11.6 Å².